The SMILES string of the molecule is CCC1(C)CCN(Cc2cc(F)cc(C#CCN)c2)CC1. The molecule has 1 saturated heterocycles. The highest BCUT2D eigenvalue weighted by Crippen LogP contribution is 2.34. The van der Waals surface area contributed by atoms with Gasteiger partial charge in [-0.2, -0.15) is 0 Å². The van der Waals surface area contributed by atoms with Gasteiger partial charge in [0.1, 0.15) is 5.82 Å². The van der Waals surface area contributed by atoms with Gasteiger partial charge < -0.3 is 5.73 Å². The fourth-order valence-corrected chi connectivity index (χ4v) is 2.83. The molecule has 2 N–H and O–H groups in total. The molecule has 0 amide bonds. The molecule has 2 nitrogen and oxygen atoms in total. The smallest absolute Gasteiger partial charge is 0.124 e. The molecule has 0 unspecified atom stereocenters. The molecule has 0 aromatic heterocycles. The predicted octanol–water partition coefficient (Wildman–Crippen LogP) is 3.15. The quantitative estimate of drug-likeness (QED) is 0.866. The van der Waals surface area contributed by atoms with Crippen molar-refractivity contribution < 1.29 is 4.39 Å². The number of nitrogens with two attached hydrogens (primary N) is 1. The molecule has 3 heteroatoms. The van der Waals surface area contributed by atoms with Gasteiger partial charge >= 0.3 is 0 Å². The summed E-state index contributed by atoms with van der Waals surface area (Å²) < 4.78 is 13.7. The summed E-state index contributed by atoms with van der Waals surface area (Å²) >= 11 is 0. The number of piperidine rings is 1. The average molecular weight is 288 g/mol. The molecule has 0 aliphatic carbocycles. The van der Waals surface area contributed by atoms with Crippen LogP contribution < -0.4 is 5.73 Å². The summed E-state index contributed by atoms with van der Waals surface area (Å²) in [5.74, 6) is 5.47. The molecule has 0 atom stereocenters. The summed E-state index contributed by atoms with van der Waals surface area (Å²) in [4.78, 5) is 2.41. The van der Waals surface area contributed by atoms with Crippen LogP contribution in [0.4, 0.5) is 4.39 Å². The van der Waals surface area contributed by atoms with Crippen LogP contribution in [0.15, 0.2) is 18.2 Å². The third-order valence-electron chi connectivity index (χ3n) is 4.62. The Labute approximate surface area is 127 Å². The molecular weight excluding hydrogens is 263 g/mol. The molecule has 1 aromatic carbocycles. The number of hydrogen-bond donors (Lipinski definition) is 1. The highest BCUT2D eigenvalue weighted by atomic mass is 19.1. The third-order valence-corrected chi connectivity index (χ3v) is 4.62. The zero-order valence-electron chi connectivity index (χ0n) is 13.1. The Morgan fingerprint density at radius 2 is 2.00 bits per heavy atom. The van der Waals surface area contributed by atoms with Crippen molar-refractivity contribution in [3.63, 3.8) is 0 Å². The first-order valence-electron chi connectivity index (χ1n) is 7.75. The van der Waals surface area contributed by atoms with Crippen LogP contribution in [0.5, 0.6) is 0 Å². The molecule has 1 fully saturated rings. The van der Waals surface area contributed by atoms with Gasteiger partial charge in [-0.05, 0) is 55.1 Å². The van der Waals surface area contributed by atoms with E-state index >= 15 is 0 Å². The van der Waals surface area contributed by atoms with E-state index in [4.69, 9.17) is 5.73 Å². The van der Waals surface area contributed by atoms with E-state index in [1.165, 1.54) is 25.3 Å². The molecule has 1 aromatic rings. The Hall–Kier alpha value is -1.37. The van der Waals surface area contributed by atoms with Crippen molar-refractivity contribution in [3.05, 3.63) is 35.1 Å². The van der Waals surface area contributed by atoms with Crippen molar-refractivity contribution in [2.24, 2.45) is 11.1 Å². The summed E-state index contributed by atoms with van der Waals surface area (Å²) in [5.41, 5.74) is 7.56. The van der Waals surface area contributed by atoms with Gasteiger partial charge in [0.2, 0.25) is 0 Å². The maximum Gasteiger partial charge on any atom is 0.124 e. The van der Waals surface area contributed by atoms with E-state index in [9.17, 15) is 4.39 Å². The summed E-state index contributed by atoms with van der Waals surface area (Å²) in [6.45, 7) is 7.91. The molecule has 114 valence electrons. The monoisotopic (exact) mass is 288 g/mol. The summed E-state index contributed by atoms with van der Waals surface area (Å²) in [6.07, 6.45) is 3.68. The van der Waals surface area contributed by atoms with Gasteiger partial charge in [-0.25, -0.2) is 4.39 Å². The van der Waals surface area contributed by atoms with E-state index in [2.05, 4.69) is 30.6 Å². The number of halogens is 1. The molecule has 0 radical (unpaired) electrons. The van der Waals surface area contributed by atoms with Crippen molar-refractivity contribution >= 4 is 0 Å². The van der Waals surface area contributed by atoms with Gasteiger partial charge in [-0.15, -0.1) is 0 Å². The second kappa shape index (κ2) is 7.06. The second-order valence-electron chi connectivity index (χ2n) is 6.29. The van der Waals surface area contributed by atoms with Crippen molar-refractivity contribution in [2.75, 3.05) is 19.6 Å². The van der Waals surface area contributed by atoms with Crippen LogP contribution >= 0.6 is 0 Å². The first-order valence-corrected chi connectivity index (χ1v) is 7.75. The first-order chi connectivity index (χ1) is 10.0. The average Bonchev–Trinajstić information content (AvgIpc) is 2.47. The predicted molar refractivity (Wildman–Crippen MR) is 85.2 cm³/mol. The lowest BCUT2D eigenvalue weighted by Gasteiger charge is -2.39. The first kappa shape index (κ1) is 16.0. The van der Waals surface area contributed by atoms with Crippen molar-refractivity contribution in [2.45, 2.75) is 39.7 Å². The van der Waals surface area contributed by atoms with Gasteiger partial charge in [0.15, 0.2) is 0 Å². The lowest BCUT2D eigenvalue weighted by Crippen LogP contribution is -2.37. The lowest BCUT2D eigenvalue weighted by molar-refractivity contribution is 0.109. The Kier molecular flexibility index (Phi) is 5.39. The summed E-state index contributed by atoms with van der Waals surface area (Å²) in [6, 6.07) is 5.05. The number of likely N-dealkylation sites (tertiary alicyclic amines) is 1. The van der Waals surface area contributed by atoms with Crippen LogP contribution in [-0.4, -0.2) is 24.5 Å². The molecule has 21 heavy (non-hydrogen) atoms. The van der Waals surface area contributed by atoms with Crippen LogP contribution in [0.2, 0.25) is 0 Å². The van der Waals surface area contributed by atoms with E-state index in [1.54, 1.807) is 6.07 Å². The molecule has 1 aliphatic rings. The highest BCUT2D eigenvalue weighted by Gasteiger charge is 2.28. The Balaban J connectivity index is 2.02. The van der Waals surface area contributed by atoms with Crippen LogP contribution in [0, 0.1) is 23.1 Å². The van der Waals surface area contributed by atoms with Crippen molar-refractivity contribution in [1.29, 1.82) is 0 Å². The van der Waals surface area contributed by atoms with Gasteiger partial charge in [0.05, 0.1) is 6.54 Å². The standard InChI is InChI=1S/C18H25FN2/c1-3-18(2)6-9-21(10-7-18)14-16-11-15(5-4-8-20)12-17(19)13-16/h11-13H,3,6-10,14,20H2,1-2H3. The highest BCUT2D eigenvalue weighted by molar-refractivity contribution is 5.38. The van der Waals surface area contributed by atoms with Gasteiger partial charge in [-0.3, -0.25) is 4.90 Å². The third kappa shape index (κ3) is 4.56. The number of rotatable bonds is 3. The maximum atomic E-state index is 13.7. The topological polar surface area (TPSA) is 29.3 Å². The Morgan fingerprint density at radius 3 is 2.62 bits per heavy atom. The Morgan fingerprint density at radius 1 is 1.29 bits per heavy atom. The van der Waals surface area contributed by atoms with E-state index in [1.807, 2.05) is 6.07 Å². The van der Waals surface area contributed by atoms with Gasteiger partial charge in [0, 0.05) is 12.1 Å². The van der Waals surface area contributed by atoms with Gasteiger partial charge in [-0.1, -0.05) is 32.1 Å². The van der Waals surface area contributed by atoms with E-state index in [0.717, 1.165) is 25.2 Å². The van der Waals surface area contributed by atoms with E-state index in [0.29, 0.717) is 17.5 Å². The fourth-order valence-electron chi connectivity index (χ4n) is 2.83. The minimum absolute atomic E-state index is 0.218. The summed E-state index contributed by atoms with van der Waals surface area (Å²) in [7, 11) is 0. The maximum absolute atomic E-state index is 13.7. The van der Waals surface area contributed by atoms with Crippen LogP contribution in [0.25, 0.3) is 0 Å². The zero-order valence-corrected chi connectivity index (χ0v) is 13.1. The molecule has 1 aliphatic heterocycles. The fraction of sp³-hybridized carbons (Fsp3) is 0.556. The summed E-state index contributed by atoms with van der Waals surface area (Å²) in [5, 5.41) is 0. The lowest BCUT2D eigenvalue weighted by atomic mass is 9.78. The van der Waals surface area contributed by atoms with Crippen LogP contribution in [0.1, 0.15) is 44.2 Å². The van der Waals surface area contributed by atoms with Gasteiger partial charge in [0.25, 0.3) is 0 Å². The molecule has 0 spiro atoms. The largest absolute Gasteiger partial charge is 0.320 e. The van der Waals surface area contributed by atoms with E-state index < -0.39 is 0 Å². The molecular formula is C18H25FN2. The Bertz CT molecular complexity index is 534. The van der Waals surface area contributed by atoms with E-state index in [-0.39, 0.29) is 5.82 Å². The van der Waals surface area contributed by atoms with Crippen molar-refractivity contribution in [1.82, 2.24) is 4.90 Å². The normalized spacial score (nSPS) is 18.1. The molecule has 1 heterocycles. The molecule has 0 bridgehead atoms. The molecule has 2 rings (SSSR count). The number of benzene rings is 1. The second-order valence-corrected chi connectivity index (χ2v) is 6.29. The van der Waals surface area contributed by atoms with Crippen LogP contribution in [0.3, 0.4) is 0 Å². The van der Waals surface area contributed by atoms with Crippen molar-refractivity contribution in [3.8, 4) is 11.8 Å². The van der Waals surface area contributed by atoms with Crippen LogP contribution in [-0.2, 0) is 6.54 Å². The number of hydrogen-bond acceptors (Lipinski definition) is 2. The molecule has 0 saturated carbocycles. The zero-order chi connectivity index (χ0) is 15.3. The minimum atomic E-state index is -0.218. The minimum Gasteiger partial charge on any atom is -0.320 e. The number of nitrogens with zero attached hydrogens (tertiary/aromatic N) is 1.